The number of piperidine rings is 1. The van der Waals surface area contributed by atoms with E-state index in [2.05, 4.69) is 33.6 Å². The number of hydrogen-bond donors (Lipinski definition) is 1. The van der Waals surface area contributed by atoms with Gasteiger partial charge in [-0.05, 0) is 67.6 Å². The van der Waals surface area contributed by atoms with Crippen LogP contribution in [0.25, 0.3) is 22.6 Å². The molecule has 2 fully saturated rings. The molecule has 3 heterocycles. The molecule has 4 aromatic rings. The van der Waals surface area contributed by atoms with Gasteiger partial charge in [0.2, 0.25) is 0 Å². The molecule has 0 spiro atoms. The number of imidazole rings is 1. The van der Waals surface area contributed by atoms with Crippen LogP contribution in [0.1, 0.15) is 42.9 Å². The number of H-pyrrole nitrogens is 1. The van der Waals surface area contributed by atoms with Crippen LogP contribution < -0.4 is 4.74 Å². The Kier molecular flexibility index (Phi) is 5.89. The lowest BCUT2D eigenvalue weighted by atomic mass is 9.94. The SMILES string of the molecule is O=S(C1CC1)N1CCC(c2ccc3[nH]c(-c4ccc(OCc5ccccc5)cc4)nc3n2)CC1. The number of fused-ring (bicyclic) bond motifs is 1. The molecule has 1 aliphatic carbocycles. The second-order valence-electron chi connectivity index (χ2n) is 9.17. The maximum atomic E-state index is 12.4. The lowest BCUT2D eigenvalue weighted by Crippen LogP contribution is -2.36. The molecule has 1 saturated carbocycles. The highest BCUT2D eigenvalue weighted by Gasteiger charge is 2.34. The summed E-state index contributed by atoms with van der Waals surface area (Å²) in [6.45, 7) is 2.32. The molecule has 1 saturated heterocycles. The van der Waals surface area contributed by atoms with E-state index in [4.69, 9.17) is 14.7 Å². The molecule has 2 aliphatic rings. The summed E-state index contributed by atoms with van der Waals surface area (Å²) in [6, 6.07) is 22.3. The summed E-state index contributed by atoms with van der Waals surface area (Å²) >= 11 is 0. The van der Waals surface area contributed by atoms with Crippen molar-refractivity contribution >= 4 is 22.1 Å². The van der Waals surface area contributed by atoms with E-state index in [9.17, 15) is 4.21 Å². The predicted molar refractivity (Wildman–Crippen MR) is 135 cm³/mol. The van der Waals surface area contributed by atoms with E-state index in [0.717, 1.165) is 78.3 Å². The predicted octanol–water partition coefficient (Wildman–Crippen LogP) is 5.21. The number of benzene rings is 2. The average molecular weight is 473 g/mol. The zero-order valence-electron chi connectivity index (χ0n) is 19.0. The van der Waals surface area contributed by atoms with Gasteiger partial charge in [0.15, 0.2) is 5.65 Å². The van der Waals surface area contributed by atoms with E-state index in [1.54, 1.807) is 0 Å². The van der Waals surface area contributed by atoms with Crippen LogP contribution in [0, 0.1) is 0 Å². The quantitative estimate of drug-likeness (QED) is 0.401. The van der Waals surface area contributed by atoms with Crippen molar-refractivity contribution in [2.75, 3.05) is 13.1 Å². The highest BCUT2D eigenvalue weighted by molar-refractivity contribution is 7.83. The van der Waals surface area contributed by atoms with Crippen molar-refractivity contribution in [3.8, 4) is 17.1 Å². The minimum absolute atomic E-state index is 0.401. The molecular weight excluding hydrogens is 444 g/mol. The van der Waals surface area contributed by atoms with Crippen molar-refractivity contribution in [3.63, 3.8) is 0 Å². The van der Waals surface area contributed by atoms with Gasteiger partial charge in [-0.3, -0.25) is 0 Å². The third-order valence-corrected chi connectivity index (χ3v) is 8.60. The Morgan fingerprint density at radius 1 is 0.912 bits per heavy atom. The summed E-state index contributed by atoms with van der Waals surface area (Å²) in [5, 5.41) is 0.415. The van der Waals surface area contributed by atoms with E-state index in [-0.39, 0.29) is 0 Å². The molecule has 2 aromatic heterocycles. The zero-order valence-corrected chi connectivity index (χ0v) is 19.8. The fraction of sp³-hybridized carbons (Fsp3) is 0.333. The first-order valence-electron chi connectivity index (χ1n) is 12.0. The summed E-state index contributed by atoms with van der Waals surface area (Å²) in [5.41, 5.74) is 4.93. The second kappa shape index (κ2) is 9.31. The van der Waals surface area contributed by atoms with Gasteiger partial charge >= 0.3 is 0 Å². The Morgan fingerprint density at radius 3 is 2.41 bits per heavy atom. The average Bonchev–Trinajstić information content (AvgIpc) is 3.66. The first kappa shape index (κ1) is 21.5. The van der Waals surface area contributed by atoms with Gasteiger partial charge in [0, 0.05) is 35.5 Å². The highest BCUT2D eigenvalue weighted by atomic mass is 32.2. The van der Waals surface area contributed by atoms with E-state index in [1.165, 1.54) is 0 Å². The highest BCUT2D eigenvalue weighted by Crippen LogP contribution is 2.33. The van der Waals surface area contributed by atoms with Crippen LogP contribution >= 0.6 is 0 Å². The van der Waals surface area contributed by atoms with Gasteiger partial charge in [-0.1, -0.05) is 30.3 Å². The molecule has 174 valence electrons. The van der Waals surface area contributed by atoms with Crippen LogP contribution in [-0.2, 0) is 17.6 Å². The zero-order chi connectivity index (χ0) is 22.9. The number of nitrogens with zero attached hydrogens (tertiary/aromatic N) is 3. The standard InChI is InChI=1S/C27H28N4O2S/c32-34(23-10-11-23)31-16-14-20(15-17-31)24-12-13-25-27(28-24)30-26(29-25)21-6-8-22(9-7-21)33-18-19-4-2-1-3-5-19/h1-9,12-13,20,23H,10-11,14-18H2,(H,28,29,30). The van der Waals surface area contributed by atoms with Crippen LogP contribution in [0.3, 0.4) is 0 Å². The molecule has 34 heavy (non-hydrogen) atoms. The summed E-state index contributed by atoms with van der Waals surface area (Å²) in [5.74, 6) is 2.04. The smallest absolute Gasteiger partial charge is 0.178 e. The lowest BCUT2D eigenvalue weighted by molar-refractivity contribution is 0.306. The molecule has 2 aromatic carbocycles. The molecule has 6 rings (SSSR count). The van der Waals surface area contributed by atoms with E-state index in [0.29, 0.717) is 17.8 Å². The Morgan fingerprint density at radius 2 is 1.68 bits per heavy atom. The Labute approximate surface area is 202 Å². The fourth-order valence-corrected chi connectivity index (χ4v) is 6.06. The van der Waals surface area contributed by atoms with Gasteiger partial charge in [-0.25, -0.2) is 18.5 Å². The van der Waals surface area contributed by atoms with Gasteiger partial charge in [-0.15, -0.1) is 0 Å². The van der Waals surface area contributed by atoms with Gasteiger partial charge < -0.3 is 9.72 Å². The lowest BCUT2D eigenvalue weighted by Gasteiger charge is -2.30. The van der Waals surface area contributed by atoms with E-state index in [1.807, 2.05) is 42.5 Å². The Hall–Kier alpha value is -3.03. The van der Waals surface area contributed by atoms with Gasteiger partial charge in [0.05, 0.1) is 16.5 Å². The molecule has 0 bridgehead atoms. The van der Waals surface area contributed by atoms with E-state index < -0.39 is 11.0 Å². The largest absolute Gasteiger partial charge is 0.489 e. The molecule has 1 N–H and O–H groups in total. The van der Waals surface area contributed by atoms with Gasteiger partial charge in [0.25, 0.3) is 0 Å². The monoisotopic (exact) mass is 472 g/mol. The third kappa shape index (κ3) is 4.63. The maximum Gasteiger partial charge on any atom is 0.178 e. The van der Waals surface area contributed by atoms with Crippen LogP contribution in [0.5, 0.6) is 5.75 Å². The number of nitrogens with one attached hydrogen (secondary N) is 1. The molecule has 0 radical (unpaired) electrons. The van der Waals surface area contributed by atoms with E-state index >= 15 is 0 Å². The van der Waals surface area contributed by atoms with Crippen molar-refractivity contribution < 1.29 is 8.95 Å². The molecule has 1 aliphatic heterocycles. The molecule has 7 heteroatoms. The Balaban J connectivity index is 1.12. The van der Waals surface area contributed by atoms with Crippen molar-refractivity contribution in [2.24, 2.45) is 0 Å². The number of hydrogen-bond acceptors (Lipinski definition) is 4. The molecule has 1 atom stereocenters. The number of pyridine rings is 1. The minimum atomic E-state index is -0.785. The minimum Gasteiger partial charge on any atom is -0.489 e. The summed E-state index contributed by atoms with van der Waals surface area (Å²) < 4.78 is 20.5. The maximum absolute atomic E-state index is 12.4. The summed E-state index contributed by atoms with van der Waals surface area (Å²) in [4.78, 5) is 13.0. The Bertz CT molecular complexity index is 1290. The number of aromatic amines is 1. The fourth-order valence-electron chi connectivity index (χ4n) is 4.53. The van der Waals surface area contributed by atoms with Crippen LogP contribution in [0.4, 0.5) is 0 Å². The van der Waals surface area contributed by atoms with Crippen molar-refractivity contribution in [3.05, 3.63) is 78.0 Å². The number of rotatable bonds is 7. The molecule has 6 nitrogen and oxygen atoms in total. The van der Waals surface area contributed by atoms with Crippen LogP contribution in [0.15, 0.2) is 66.7 Å². The van der Waals surface area contributed by atoms with Gasteiger partial charge in [0.1, 0.15) is 18.2 Å². The van der Waals surface area contributed by atoms with Gasteiger partial charge in [-0.2, -0.15) is 0 Å². The van der Waals surface area contributed by atoms with Crippen molar-refractivity contribution in [1.29, 1.82) is 0 Å². The summed E-state index contributed by atoms with van der Waals surface area (Å²) in [7, 11) is -0.785. The molecule has 1 unspecified atom stereocenters. The van der Waals surface area contributed by atoms with Crippen molar-refractivity contribution in [2.45, 2.75) is 43.5 Å². The molecular formula is C27H28N4O2S. The molecule has 0 amide bonds. The van der Waals surface area contributed by atoms with Crippen LogP contribution in [0.2, 0.25) is 0 Å². The normalized spacial score (nSPS) is 18.2. The number of ether oxygens (including phenoxy) is 1. The topological polar surface area (TPSA) is 71.1 Å². The number of aromatic nitrogens is 3. The second-order valence-corrected chi connectivity index (χ2v) is 10.9. The first-order chi connectivity index (χ1) is 16.7. The van der Waals surface area contributed by atoms with Crippen molar-refractivity contribution in [1.82, 2.24) is 19.3 Å². The first-order valence-corrected chi connectivity index (χ1v) is 13.2. The van der Waals surface area contributed by atoms with Crippen LogP contribution in [-0.4, -0.2) is 41.8 Å². The third-order valence-electron chi connectivity index (χ3n) is 6.68. The summed E-state index contributed by atoms with van der Waals surface area (Å²) in [6.07, 6.45) is 4.24.